The molecule has 88 valence electrons. The number of benzene rings is 1. The molecule has 1 nitrogen and oxygen atoms in total. The van der Waals surface area contributed by atoms with E-state index in [4.69, 9.17) is 4.74 Å². The van der Waals surface area contributed by atoms with Crippen LogP contribution < -0.4 is 4.74 Å². The second kappa shape index (κ2) is 8.40. The second-order valence-electron chi connectivity index (χ2n) is 3.77. The lowest BCUT2D eigenvalue weighted by Gasteiger charge is -2.03. The second-order valence-corrected chi connectivity index (χ2v) is 4.55. The monoisotopic (exact) mass is 282 g/mol. The zero-order valence-corrected chi connectivity index (χ0v) is 11.4. The molecule has 0 saturated heterocycles. The van der Waals surface area contributed by atoms with E-state index >= 15 is 0 Å². The van der Waals surface area contributed by atoms with Gasteiger partial charge in [0.15, 0.2) is 4.67 Å². The quantitative estimate of drug-likeness (QED) is 0.489. The normalized spacial score (nSPS) is 11.5. The summed E-state index contributed by atoms with van der Waals surface area (Å²) in [6.45, 7) is 2.23. The molecule has 0 bridgehead atoms. The Balaban J connectivity index is 2.24. The Morgan fingerprint density at radius 3 is 2.62 bits per heavy atom. The van der Waals surface area contributed by atoms with Gasteiger partial charge in [-0.25, -0.2) is 0 Å². The molecule has 0 fully saturated rings. The molecular weight excluding hydrogens is 264 g/mol. The van der Waals surface area contributed by atoms with E-state index in [1.165, 1.54) is 25.7 Å². The van der Waals surface area contributed by atoms with E-state index in [9.17, 15) is 0 Å². The van der Waals surface area contributed by atoms with E-state index < -0.39 is 0 Å². The van der Waals surface area contributed by atoms with Crippen molar-refractivity contribution in [1.29, 1.82) is 0 Å². The maximum absolute atomic E-state index is 5.60. The van der Waals surface area contributed by atoms with Gasteiger partial charge in [0.05, 0.1) is 0 Å². The minimum Gasteiger partial charge on any atom is -0.450 e. The van der Waals surface area contributed by atoms with Crippen LogP contribution in [0.4, 0.5) is 0 Å². The van der Waals surface area contributed by atoms with Gasteiger partial charge in [0.1, 0.15) is 5.75 Å². The van der Waals surface area contributed by atoms with Crippen LogP contribution in [0.15, 0.2) is 41.1 Å². The number of rotatable bonds is 7. The summed E-state index contributed by atoms with van der Waals surface area (Å²) < 4.78 is 6.41. The molecule has 0 aliphatic rings. The predicted octanol–water partition coefficient (Wildman–Crippen LogP) is 5.27. The highest BCUT2D eigenvalue weighted by molar-refractivity contribution is 9.11. The van der Waals surface area contributed by atoms with Gasteiger partial charge >= 0.3 is 0 Å². The van der Waals surface area contributed by atoms with Gasteiger partial charge in [0, 0.05) is 0 Å². The number of allylic oxidation sites excluding steroid dienone is 1. The van der Waals surface area contributed by atoms with Crippen molar-refractivity contribution in [2.24, 2.45) is 0 Å². The van der Waals surface area contributed by atoms with Crippen molar-refractivity contribution in [3.8, 4) is 5.75 Å². The summed E-state index contributed by atoms with van der Waals surface area (Å²) in [6.07, 6.45) is 8.33. The first-order valence-electron chi connectivity index (χ1n) is 5.91. The lowest BCUT2D eigenvalue weighted by molar-refractivity contribution is 0.466. The van der Waals surface area contributed by atoms with Crippen LogP contribution in [0.25, 0.3) is 0 Å². The third kappa shape index (κ3) is 5.96. The standard InChI is InChI=1S/C14H19BrO/c1-2-3-4-5-9-12-14(15)16-13-10-7-6-8-11-13/h6-8,10-12H,2-5,9H2,1H3/b14-12+. The fraction of sp³-hybridized carbons (Fsp3) is 0.429. The molecule has 0 saturated carbocycles. The Bertz CT molecular complexity index is 306. The highest BCUT2D eigenvalue weighted by atomic mass is 79.9. The van der Waals surface area contributed by atoms with Crippen LogP contribution >= 0.6 is 15.9 Å². The molecule has 0 unspecified atom stereocenters. The van der Waals surface area contributed by atoms with Crippen LogP contribution in [0, 0.1) is 0 Å². The van der Waals surface area contributed by atoms with Gasteiger partial charge in [-0.05, 0) is 47.0 Å². The van der Waals surface area contributed by atoms with E-state index in [0.29, 0.717) is 0 Å². The van der Waals surface area contributed by atoms with Gasteiger partial charge in [-0.1, -0.05) is 44.4 Å². The summed E-state index contributed by atoms with van der Waals surface area (Å²) >= 11 is 3.42. The van der Waals surface area contributed by atoms with Gasteiger partial charge < -0.3 is 4.74 Å². The average molecular weight is 283 g/mol. The molecule has 0 aromatic heterocycles. The summed E-state index contributed by atoms with van der Waals surface area (Å²) in [4.78, 5) is 0. The van der Waals surface area contributed by atoms with Gasteiger partial charge in [-0.3, -0.25) is 0 Å². The molecule has 1 aromatic carbocycles. The van der Waals surface area contributed by atoms with Crippen molar-refractivity contribution >= 4 is 15.9 Å². The average Bonchev–Trinajstić information content (AvgIpc) is 2.30. The van der Waals surface area contributed by atoms with Crippen LogP contribution in [0.3, 0.4) is 0 Å². The fourth-order valence-electron chi connectivity index (χ4n) is 1.43. The van der Waals surface area contributed by atoms with Crippen LogP contribution in [0.1, 0.15) is 39.0 Å². The molecule has 0 aliphatic heterocycles. The maximum atomic E-state index is 5.60. The number of hydrogen-bond acceptors (Lipinski definition) is 1. The molecule has 2 heteroatoms. The third-order valence-corrected chi connectivity index (χ3v) is 2.81. The van der Waals surface area contributed by atoms with Crippen LogP contribution in [-0.2, 0) is 0 Å². The summed E-state index contributed by atoms with van der Waals surface area (Å²) in [5, 5.41) is 0. The van der Waals surface area contributed by atoms with Gasteiger partial charge in [-0.2, -0.15) is 0 Å². The Labute approximate surface area is 107 Å². The Kier molecular flexibility index (Phi) is 6.98. The minimum atomic E-state index is 0.815. The van der Waals surface area contributed by atoms with E-state index in [0.717, 1.165) is 16.8 Å². The number of halogens is 1. The molecule has 1 rings (SSSR count). The number of hydrogen-bond donors (Lipinski definition) is 0. The Hall–Kier alpha value is -0.760. The zero-order valence-electron chi connectivity index (χ0n) is 9.79. The van der Waals surface area contributed by atoms with Crippen LogP contribution in [-0.4, -0.2) is 0 Å². The van der Waals surface area contributed by atoms with Crippen molar-refractivity contribution in [1.82, 2.24) is 0 Å². The maximum Gasteiger partial charge on any atom is 0.165 e. The Morgan fingerprint density at radius 2 is 1.94 bits per heavy atom. The first-order valence-corrected chi connectivity index (χ1v) is 6.70. The number of para-hydroxylation sites is 1. The van der Waals surface area contributed by atoms with Gasteiger partial charge in [0.25, 0.3) is 0 Å². The molecule has 0 amide bonds. The van der Waals surface area contributed by atoms with Crippen molar-refractivity contribution in [2.75, 3.05) is 0 Å². The van der Waals surface area contributed by atoms with Gasteiger partial charge in [0.2, 0.25) is 0 Å². The highest BCUT2D eigenvalue weighted by Crippen LogP contribution is 2.17. The molecule has 0 radical (unpaired) electrons. The molecule has 1 aromatic rings. The van der Waals surface area contributed by atoms with Crippen LogP contribution in [0.2, 0.25) is 0 Å². The fourth-order valence-corrected chi connectivity index (χ4v) is 1.85. The minimum absolute atomic E-state index is 0.815. The van der Waals surface area contributed by atoms with Crippen molar-refractivity contribution in [3.63, 3.8) is 0 Å². The molecule has 0 heterocycles. The molecule has 0 atom stereocenters. The number of ether oxygens (including phenoxy) is 1. The lowest BCUT2D eigenvalue weighted by Crippen LogP contribution is -1.87. The topological polar surface area (TPSA) is 9.23 Å². The summed E-state index contributed by atoms with van der Waals surface area (Å²) in [5.74, 6) is 0.874. The Morgan fingerprint density at radius 1 is 1.19 bits per heavy atom. The van der Waals surface area contributed by atoms with Crippen molar-refractivity contribution in [3.05, 3.63) is 41.1 Å². The smallest absolute Gasteiger partial charge is 0.165 e. The first kappa shape index (κ1) is 13.3. The number of unbranched alkanes of at least 4 members (excludes halogenated alkanes) is 4. The summed E-state index contributed by atoms with van der Waals surface area (Å²) in [5.41, 5.74) is 0. The van der Waals surface area contributed by atoms with E-state index in [-0.39, 0.29) is 0 Å². The predicted molar refractivity (Wildman–Crippen MR) is 72.8 cm³/mol. The molecule has 0 N–H and O–H groups in total. The van der Waals surface area contributed by atoms with Crippen molar-refractivity contribution in [2.45, 2.75) is 39.0 Å². The van der Waals surface area contributed by atoms with E-state index in [1.807, 2.05) is 30.3 Å². The lowest BCUT2D eigenvalue weighted by atomic mass is 10.1. The molecular formula is C14H19BrO. The summed E-state index contributed by atoms with van der Waals surface area (Å²) in [6, 6.07) is 9.82. The van der Waals surface area contributed by atoms with Crippen LogP contribution in [0.5, 0.6) is 5.75 Å². The largest absolute Gasteiger partial charge is 0.450 e. The third-order valence-electron chi connectivity index (χ3n) is 2.32. The van der Waals surface area contributed by atoms with Gasteiger partial charge in [-0.15, -0.1) is 0 Å². The van der Waals surface area contributed by atoms with Crippen molar-refractivity contribution < 1.29 is 4.74 Å². The SMILES string of the molecule is CCCCCC/C=C(\Br)Oc1ccccc1. The van der Waals surface area contributed by atoms with E-state index in [1.54, 1.807) is 0 Å². The van der Waals surface area contributed by atoms with E-state index in [2.05, 4.69) is 28.9 Å². The summed E-state index contributed by atoms with van der Waals surface area (Å²) in [7, 11) is 0. The molecule has 16 heavy (non-hydrogen) atoms. The first-order chi connectivity index (χ1) is 7.83. The molecule has 0 spiro atoms. The zero-order chi connectivity index (χ0) is 11.6. The highest BCUT2D eigenvalue weighted by Gasteiger charge is 1.95. The molecule has 0 aliphatic carbocycles.